The largest absolute Gasteiger partial charge is 0.456 e. The maximum absolute atomic E-state index is 7.04. The average molecular weight is 743 g/mol. The molecule has 57 heavy (non-hydrogen) atoms. The normalized spacial score (nSPS) is 21.2. The highest BCUT2D eigenvalue weighted by Crippen LogP contribution is 2.63. The molecule has 0 saturated heterocycles. The van der Waals surface area contributed by atoms with Crippen molar-refractivity contribution in [3.63, 3.8) is 0 Å². The highest BCUT2D eigenvalue weighted by molar-refractivity contribution is 6.12. The Balaban J connectivity index is 1.09. The number of hydrogen-bond donors (Lipinski definition) is 0. The summed E-state index contributed by atoms with van der Waals surface area (Å²) in [5.74, 6) is 3.71. The van der Waals surface area contributed by atoms with Crippen LogP contribution in [0.25, 0.3) is 44.3 Å². The molecule has 1 fully saturated rings. The van der Waals surface area contributed by atoms with E-state index in [2.05, 4.69) is 177 Å². The van der Waals surface area contributed by atoms with Crippen molar-refractivity contribution >= 4 is 27.4 Å². The number of hydrogen-bond acceptors (Lipinski definition) is 2. The maximum Gasteiger partial charge on any atom is 0.289 e. The van der Waals surface area contributed by atoms with E-state index in [-0.39, 0.29) is 6.04 Å². The number of fused-ring (bicyclic) bond motifs is 7. The Kier molecular flexibility index (Phi) is 6.64. The van der Waals surface area contributed by atoms with E-state index in [0.29, 0.717) is 11.3 Å². The topological polar surface area (TPSA) is 21.3 Å². The van der Waals surface area contributed by atoms with Gasteiger partial charge in [0.15, 0.2) is 5.52 Å². The molecule has 2 atom stereocenters. The zero-order chi connectivity index (χ0) is 38.5. The summed E-state index contributed by atoms with van der Waals surface area (Å²) in [6.07, 6.45) is 12.6. The minimum atomic E-state index is -0.652. The molecule has 7 aromatic rings. The molecule has 4 nitrogen and oxygen atoms in total. The summed E-state index contributed by atoms with van der Waals surface area (Å²) in [6.45, 7) is 14.0. The van der Waals surface area contributed by atoms with Crippen molar-refractivity contribution in [3.05, 3.63) is 172 Å². The first kappa shape index (κ1) is 33.3. The van der Waals surface area contributed by atoms with Gasteiger partial charge >= 0.3 is 0 Å². The average Bonchev–Trinajstić information content (AvgIpc) is 3.69. The molecule has 280 valence electrons. The van der Waals surface area contributed by atoms with E-state index in [4.69, 9.17) is 4.74 Å². The third kappa shape index (κ3) is 4.36. The first-order chi connectivity index (χ1) is 27.6. The summed E-state index contributed by atoms with van der Waals surface area (Å²) >= 11 is 0. The predicted octanol–water partition coefficient (Wildman–Crippen LogP) is 12.9. The lowest BCUT2D eigenvalue weighted by Gasteiger charge is -2.45. The molecular weight excluding hydrogens is 695 g/mol. The zero-order valence-electron chi connectivity index (χ0n) is 33.8. The van der Waals surface area contributed by atoms with Crippen molar-refractivity contribution < 1.29 is 9.30 Å². The SMILES string of the molecule is CC1=CN2C(C=C1c1ccc(C3CCC(C)(C)CC3)cc1C)c1cccc3c1C21c2c(ccc4c5cc(-c6ccccc6)ccc5n(c24)-c2cc(C)c(C)c[n+]21)O3. The number of pyridine rings is 1. The van der Waals surface area contributed by atoms with E-state index >= 15 is 0 Å². The summed E-state index contributed by atoms with van der Waals surface area (Å²) < 4.78 is 12.1. The van der Waals surface area contributed by atoms with Gasteiger partial charge in [-0.3, -0.25) is 0 Å². The van der Waals surface area contributed by atoms with Gasteiger partial charge in [0, 0.05) is 23.0 Å². The first-order valence-electron chi connectivity index (χ1n) is 20.9. The Morgan fingerprint density at radius 3 is 2.32 bits per heavy atom. The van der Waals surface area contributed by atoms with Crippen molar-refractivity contribution in [3.8, 4) is 28.4 Å². The lowest BCUT2D eigenvalue weighted by atomic mass is 9.71. The van der Waals surface area contributed by atoms with Crippen molar-refractivity contribution in [2.45, 2.75) is 84.8 Å². The van der Waals surface area contributed by atoms with Crippen LogP contribution in [0, 0.1) is 26.2 Å². The second-order valence-corrected chi connectivity index (χ2v) is 18.4. The fourth-order valence-corrected chi connectivity index (χ4v) is 11.4. The molecule has 5 aromatic carbocycles. The Morgan fingerprint density at radius 1 is 0.702 bits per heavy atom. The molecule has 1 saturated carbocycles. The number of benzene rings is 5. The molecule has 0 amide bonds. The quantitative estimate of drug-likeness (QED) is 0.168. The van der Waals surface area contributed by atoms with Gasteiger partial charge in [-0.1, -0.05) is 80.6 Å². The lowest BCUT2D eigenvalue weighted by molar-refractivity contribution is -0.760. The second-order valence-electron chi connectivity index (χ2n) is 18.4. The number of rotatable bonds is 3. The van der Waals surface area contributed by atoms with Crippen LogP contribution in [-0.4, -0.2) is 9.47 Å². The number of aryl methyl sites for hydroxylation is 3. The van der Waals surface area contributed by atoms with Crippen LogP contribution in [0.2, 0.25) is 0 Å². The maximum atomic E-state index is 7.04. The van der Waals surface area contributed by atoms with E-state index in [1.54, 1.807) is 0 Å². The fourth-order valence-electron chi connectivity index (χ4n) is 11.4. The van der Waals surface area contributed by atoms with Crippen LogP contribution >= 0.6 is 0 Å². The molecule has 4 heteroatoms. The summed E-state index contributed by atoms with van der Waals surface area (Å²) in [5.41, 5.74) is 17.9. The van der Waals surface area contributed by atoms with Crippen molar-refractivity contribution in [1.29, 1.82) is 0 Å². The molecule has 12 rings (SSSR count). The van der Waals surface area contributed by atoms with Crippen molar-refractivity contribution in [2.75, 3.05) is 0 Å². The van der Waals surface area contributed by atoms with E-state index in [1.807, 2.05) is 0 Å². The van der Waals surface area contributed by atoms with Gasteiger partial charge in [-0.2, -0.15) is 4.57 Å². The smallest absolute Gasteiger partial charge is 0.289 e. The number of ether oxygens (including phenoxy) is 1. The van der Waals surface area contributed by atoms with E-state index in [0.717, 1.165) is 11.5 Å². The molecule has 5 aliphatic rings. The predicted molar refractivity (Wildman–Crippen MR) is 231 cm³/mol. The van der Waals surface area contributed by atoms with Gasteiger partial charge in [0.1, 0.15) is 22.6 Å². The summed E-state index contributed by atoms with van der Waals surface area (Å²) in [7, 11) is 0. The van der Waals surface area contributed by atoms with Crippen LogP contribution in [-0.2, 0) is 5.66 Å². The van der Waals surface area contributed by atoms with Gasteiger partial charge in [-0.05, 0) is 157 Å². The third-order valence-corrected chi connectivity index (χ3v) is 14.5. The van der Waals surface area contributed by atoms with Gasteiger partial charge in [0.2, 0.25) is 5.66 Å². The number of nitrogens with zero attached hydrogens (tertiary/aromatic N) is 3. The molecule has 1 aliphatic carbocycles. The monoisotopic (exact) mass is 742 g/mol. The standard InChI is InChI=1S/C53H48N3O/c1-31-26-48-55(29-33(31)3)53-49-41(45-28-42(34(4)30-54(45)53)39-17-15-37(25-32(39)2)36-21-23-52(5,6)24-22-36)13-10-14-46(49)57-47-20-18-40-43-27-38(35-11-8-7-9-12-35)16-19-44(43)56(48)51(40)50(47)53/h7-20,25-30,36,45H,21-24H2,1-6H3/q+1. The molecule has 2 aromatic heterocycles. The molecular formula is C53H48N3O+. The van der Waals surface area contributed by atoms with Crippen LogP contribution in [0.15, 0.2) is 127 Å². The van der Waals surface area contributed by atoms with E-state index in [9.17, 15) is 0 Å². The zero-order valence-corrected chi connectivity index (χ0v) is 33.8. The molecule has 0 radical (unpaired) electrons. The number of allylic oxidation sites excluding steroid dienone is 2. The van der Waals surface area contributed by atoms with E-state index < -0.39 is 5.66 Å². The fraction of sp³-hybridized carbons (Fsp3) is 0.264. The molecule has 4 aliphatic heterocycles. The lowest BCUT2D eigenvalue weighted by Crippen LogP contribution is -2.68. The Hall–Kier alpha value is -5.87. The molecule has 1 spiro atoms. The first-order valence-corrected chi connectivity index (χ1v) is 20.9. The Morgan fingerprint density at radius 2 is 1.51 bits per heavy atom. The van der Waals surface area contributed by atoms with Crippen LogP contribution in [0.3, 0.4) is 0 Å². The van der Waals surface area contributed by atoms with Crippen molar-refractivity contribution in [1.82, 2.24) is 9.47 Å². The Bertz CT molecular complexity index is 2970. The van der Waals surface area contributed by atoms with Crippen LogP contribution in [0.4, 0.5) is 0 Å². The van der Waals surface area contributed by atoms with Crippen molar-refractivity contribution in [2.24, 2.45) is 5.41 Å². The van der Waals surface area contributed by atoms with Gasteiger partial charge in [-0.15, -0.1) is 0 Å². The minimum absolute atomic E-state index is 0.0191. The molecule has 0 N–H and O–H groups in total. The third-order valence-electron chi connectivity index (χ3n) is 14.5. The minimum Gasteiger partial charge on any atom is -0.456 e. The highest BCUT2D eigenvalue weighted by atomic mass is 16.5. The van der Waals surface area contributed by atoms with E-state index in [1.165, 1.54) is 120 Å². The van der Waals surface area contributed by atoms with Crippen LogP contribution in [0.5, 0.6) is 11.5 Å². The second kappa shape index (κ2) is 11.4. The summed E-state index contributed by atoms with van der Waals surface area (Å²) in [6, 6.07) is 38.8. The number of aromatic nitrogens is 2. The van der Waals surface area contributed by atoms with Gasteiger partial charge in [0.05, 0.1) is 17.8 Å². The van der Waals surface area contributed by atoms with Gasteiger partial charge in [0.25, 0.3) is 5.82 Å². The van der Waals surface area contributed by atoms with Crippen LogP contribution in [0.1, 0.15) is 103 Å². The summed E-state index contributed by atoms with van der Waals surface area (Å²) in [4.78, 5) is 2.67. The Labute approximate surface area is 335 Å². The van der Waals surface area contributed by atoms with Gasteiger partial charge < -0.3 is 9.64 Å². The highest BCUT2D eigenvalue weighted by Gasteiger charge is 2.64. The van der Waals surface area contributed by atoms with Gasteiger partial charge in [-0.25, -0.2) is 4.57 Å². The molecule has 6 heterocycles. The molecule has 0 bridgehead atoms. The van der Waals surface area contributed by atoms with Crippen LogP contribution < -0.4 is 9.30 Å². The summed E-state index contributed by atoms with van der Waals surface area (Å²) in [5, 5.41) is 2.51. The molecule has 2 unspecified atom stereocenters.